The van der Waals surface area contributed by atoms with Gasteiger partial charge in [0.05, 0.1) is 0 Å². The largest absolute Gasteiger partial charge is 0.396 e. The zero-order chi connectivity index (χ0) is 12.6. The molecule has 2 atom stereocenters. The second kappa shape index (κ2) is 7.82. The molecular formula is C15H23NOS. The molecule has 1 aromatic rings. The van der Waals surface area contributed by atoms with Crippen molar-refractivity contribution in [2.75, 3.05) is 19.7 Å². The fraction of sp³-hybridized carbons (Fsp3) is 0.600. The number of aliphatic hydroxyl groups is 1. The summed E-state index contributed by atoms with van der Waals surface area (Å²) in [5, 5.41) is 13.6. The Kier molecular flexibility index (Phi) is 6.05. The standard InChI is InChI=1S/C15H23NOS/c17-12-13-5-4-9-16-10-8-15(11-13)18-14-6-2-1-3-7-14/h1-3,6-7,13,15-17H,4-5,8-12H2/t13-,15+/m1/s1. The Morgan fingerprint density at radius 3 is 2.78 bits per heavy atom. The van der Waals surface area contributed by atoms with E-state index in [0.717, 1.165) is 25.9 Å². The van der Waals surface area contributed by atoms with Crippen LogP contribution >= 0.6 is 11.8 Å². The van der Waals surface area contributed by atoms with Crippen LogP contribution in [0, 0.1) is 5.92 Å². The number of hydrogen-bond acceptors (Lipinski definition) is 3. The molecule has 3 heteroatoms. The fourth-order valence-corrected chi connectivity index (χ4v) is 3.78. The van der Waals surface area contributed by atoms with E-state index in [1.54, 1.807) is 0 Å². The van der Waals surface area contributed by atoms with Gasteiger partial charge in [-0.05, 0) is 56.8 Å². The van der Waals surface area contributed by atoms with Gasteiger partial charge in [0.25, 0.3) is 0 Å². The van der Waals surface area contributed by atoms with Gasteiger partial charge in [-0.25, -0.2) is 0 Å². The molecule has 1 saturated heterocycles. The summed E-state index contributed by atoms with van der Waals surface area (Å²) in [7, 11) is 0. The summed E-state index contributed by atoms with van der Waals surface area (Å²) in [5.74, 6) is 0.478. The van der Waals surface area contributed by atoms with Crippen molar-refractivity contribution in [3.05, 3.63) is 30.3 Å². The van der Waals surface area contributed by atoms with Crippen LogP contribution in [0.3, 0.4) is 0 Å². The highest BCUT2D eigenvalue weighted by Gasteiger charge is 2.18. The zero-order valence-corrected chi connectivity index (χ0v) is 11.7. The van der Waals surface area contributed by atoms with Gasteiger partial charge < -0.3 is 10.4 Å². The van der Waals surface area contributed by atoms with E-state index in [4.69, 9.17) is 0 Å². The van der Waals surface area contributed by atoms with Gasteiger partial charge in [0.1, 0.15) is 0 Å². The van der Waals surface area contributed by atoms with E-state index in [1.165, 1.54) is 17.7 Å². The highest BCUT2D eigenvalue weighted by atomic mass is 32.2. The van der Waals surface area contributed by atoms with Crippen molar-refractivity contribution in [1.29, 1.82) is 0 Å². The molecule has 0 radical (unpaired) electrons. The van der Waals surface area contributed by atoms with Gasteiger partial charge in [0, 0.05) is 16.8 Å². The second-order valence-electron chi connectivity index (χ2n) is 5.02. The van der Waals surface area contributed by atoms with Gasteiger partial charge in [-0.15, -0.1) is 11.8 Å². The molecule has 1 aromatic carbocycles. The molecule has 100 valence electrons. The molecule has 2 rings (SSSR count). The van der Waals surface area contributed by atoms with Gasteiger partial charge in [0.15, 0.2) is 0 Å². The van der Waals surface area contributed by atoms with Gasteiger partial charge >= 0.3 is 0 Å². The number of nitrogens with one attached hydrogen (secondary N) is 1. The summed E-state index contributed by atoms with van der Waals surface area (Å²) in [6.45, 7) is 2.54. The van der Waals surface area contributed by atoms with Crippen molar-refractivity contribution in [2.24, 2.45) is 5.92 Å². The number of rotatable bonds is 3. The van der Waals surface area contributed by atoms with E-state index >= 15 is 0 Å². The third-order valence-corrected chi connectivity index (χ3v) is 4.82. The molecule has 0 bridgehead atoms. The molecule has 0 spiro atoms. The molecule has 0 saturated carbocycles. The SMILES string of the molecule is OC[C@@H]1CCCNCC[C@H](Sc2ccccc2)C1. The summed E-state index contributed by atoms with van der Waals surface area (Å²) in [6.07, 6.45) is 4.66. The van der Waals surface area contributed by atoms with Crippen LogP contribution in [0.5, 0.6) is 0 Å². The first kappa shape index (κ1) is 13.9. The van der Waals surface area contributed by atoms with Crippen LogP contribution in [0.4, 0.5) is 0 Å². The van der Waals surface area contributed by atoms with Crippen LogP contribution in [0.1, 0.15) is 25.7 Å². The van der Waals surface area contributed by atoms with Gasteiger partial charge in [-0.3, -0.25) is 0 Å². The maximum Gasteiger partial charge on any atom is 0.0459 e. The highest BCUT2D eigenvalue weighted by molar-refractivity contribution is 8.00. The van der Waals surface area contributed by atoms with E-state index in [1.807, 2.05) is 11.8 Å². The Labute approximate surface area is 114 Å². The molecule has 1 aliphatic heterocycles. The molecule has 2 nitrogen and oxygen atoms in total. The topological polar surface area (TPSA) is 32.3 Å². The average molecular weight is 265 g/mol. The molecule has 1 aliphatic rings. The Balaban J connectivity index is 1.94. The van der Waals surface area contributed by atoms with E-state index in [-0.39, 0.29) is 0 Å². The average Bonchev–Trinajstić information content (AvgIpc) is 2.52. The Morgan fingerprint density at radius 2 is 2.00 bits per heavy atom. The molecule has 1 heterocycles. The normalized spacial score (nSPS) is 26.1. The summed E-state index contributed by atoms with van der Waals surface area (Å²) in [6, 6.07) is 10.6. The Bertz CT molecular complexity index is 331. The van der Waals surface area contributed by atoms with Gasteiger partial charge in [-0.2, -0.15) is 0 Å². The second-order valence-corrected chi connectivity index (χ2v) is 6.39. The zero-order valence-electron chi connectivity index (χ0n) is 10.8. The third-order valence-electron chi connectivity index (χ3n) is 3.51. The third kappa shape index (κ3) is 4.63. The van der Waals surface area contributed by atoms with E-state index in [0.29, 0.717) is 17.8 Å². The Hall–Kier alpha value is -0.510. The molecule has 2 N–H and O–H groups in total. The molecule has 1 fully saturated rings. The Morgan fingerprint density at radius 1 is 1.17 bits per heavy atom. The minimum Gasteiger partial charge on any atom is -0.396 e. The smallest absolute Gasteiger partial charge is 0.0459 e. The predicted molar refractivity (Wildman–Crippen MR) is 78.0 cm³/mol. The highest BCUT2D eigenvalue weighted by Crippen LogP contribution is 2.31. The summed E-state index contributed by atoms with van der Waals surface area (Å²) in [5.41, 5.74) is 0. The maximum absolute atomic E-state index is 9.45. The predicted octanol–water partition coefficient (Wildman–Crippen LogP) is 2.92. The lowest BCUT2D eigenvalue weighted by molar-refractivity contribution is 0.209. The van der Waals surface area contributed by atoms with Crippen molar-refractivity contribution in [3.8, 4) is 0 Å². The first-order chi connectivity index (χ1) is 8.88. The molecule has 0 unspecified atom stereocenters. The summed E-state index contributed by atoms with van der Waals surface area (Å²) < 4.78 is 0. The van der Waals surface area contributed by atoms with E-state index in [9.17, 15) is 5.11 Å². The number of hydrogen-bond donors (Lipinski definition) is 2. The minimum atomic E-state index is 0.339. The van der Waals surface area contributed by atoms with Crippen molar-refractivity contribution in [2.45, 2.75) is 35.8 Å². The summed E-state index contributed by atoms with van der Waals surface area (Å²) >= 11 is 1.96. The molecule has 18 heavy (non-hydrogen) atoms. The van der Waals surface area contributed by atoms with Crippen LogP contribution in [0.15, 0.2) is 35.2 Å². The number of thioether (sulfide) groups is 1. The van der Waals surface area contributed by atoms with Crippen LogP contribution < -0.4 is 5.32 Å². The van der Waals surface area contributed by atoms with Gasteiger partial charge in [-0.1, -0.05) is 18.2 Å². The number of aliphatic hydroxyl groups excluding tert-OH is 1. The van der Waals surface area contributed by atoms with Gasteiger partial charge in [0.2, 0.25) is 0 Å². The molecular weight excluding hydrogens is 242 g/mol. The molecule has 0 aromatic heterocycles. The van der Waals surface area contributed by atoms with E-state index < -0.39 is 0 Å². The van der Waals surface area contributed by atoms with Crippen LogP contribution in [0.25, 0.3) is 0 Å². The van der Waals surface area contributed by atoms with Crippen molar-refractivity contribution in [3.63, 3.8) is 0 Å². The quantitative estimate of drug-likeness (QED) is 0.881. The fourth-order valence-electron chi connectivity index (χ4n) is 2.48. The van der Waals surface area contributed by atoms with Crippen molar-refractivity contribution in [1.82, 2.24) is 5.32 Å². The lowest BCUT2D eigenvalue weighted by atomic mass is 9.98. The molecule has 0 amide bonds. The van der Waals surface area contributed by atoms with Crippen molar-refractivity contribution < 1.29 is 5.11 Å². The first-order valence-corrected chi connectivity index (χ1v) is 7.79. The monoisotopic (exact) mass is 265 g/mol. The van der Waals surface area contributed by atoms with Crippen LogP contribution in [0.2, 0.25) is 0 Å². The lowest BCUT2D eigenvalue weighted by Crippen LogP contribution is -2.19. The maximum atomic E-state index is 9.45. The lowest BCUT2D eigenvalue weighted by Gasteiger charge is -2.20. The van der Waals surface area contributed by atoms with Crippen LogP contribution in [-0.2, 0) is 0 Å². The molecule has 0 aliphatic carbocycles. The minimum absolute atomic E-state index is 0.339. The summed E-state index contributed by atoms with van der Waals surface area (Å²) in [4.78, 5) is 1.35. The van der Waals surface area contributed by atoms with E-state index in [2.05, 4.69) is 35.6 Å². The number of benzene rings is 1. The van der Waals surface area contributed by atoms with Crippen LogP contribution in [-0.4, -0.2) is 30.1 Å². The first-order valence-electron chi connectivity index (χ1n) is 6.92. The van der Waals surface area contributed by atoms with Crippen molar-refractivity contribution >= 4 is 11.8 Å².